The van der Waals surface area contributed by atoms with Crippen molar-refractivity contribution < 1.29 is 0 Å². The lowest BCUT2D eigenvalue weighted by Gasteiger charge is -2.06. The van der Waals surface area contributed by atoms with Gasteiger partial charge in [0.25, 0.3) is 0 Å². The molecule has 1 heterocycles. The highest BCUT2D eigenvalue weighted by atomic mass is 32.2. The Morgan fingerprint density at radius 2 is 1.84 bits per heavy atom. The third kappa shape index (κ3) is 2.76. The van der Waals surface area contributed by atoms with Crippen molar-refractivity contribution in [2.24, 2.45) is 0 Å². The number of nitrogens with two attached hydrogens (primary N) is 1. The summed E-state index contributed by atoms with van der Waals surface area (Å²) in [4.78, 5) is 1.32. The zero-order valence-electron chi connectivity index (χ0n) is 10.6. The van der Waals surface area contributed by atoms with Crippen molar-refractivity contribution in [2.75, 3.05) is 11.5 Å². The van der Waals surface area contributed by atoms with Gasteiger partial charge in [0, 0.05) is 29.1 Å². The van der Waals surface area contributed by atoms with Crippen molar-refractivity contribution in [3.05, 3.63) is 60.8 Å². The van der Waals surface area contributed by atoms with Crippen LogP contribution < -0.4 is 5.73 Å². The number of rotatable bonds is 4. The standard InChI is InChI=1S/C16H16N2S/c17-14-7-6-13-8-9-18(16(13)12-14)10-11-19-15-4-2-1-3-5-15/h1-9,12H,10-11,17H2. The number of nitrogen functional groups attached to an aromatic ring is 1. The minimum absolute atomic E-state index is 0.822. The molecule has 2 N–H and O–H groups in total. The van der Waals surface area contributed by atoms with Gasteiger partial charge in [-0.1, -0.05) is 24.3 Å². The predicted molar refractivity (Wildman–Crippen MR) is 83.5 cm³/mol. The second-order valence-corrected chi connectivity index (χ2v) is 5.66. The first-order valence-electron chi connectivity index (χ1n) is 6.35. The van der Waals surface area contributed by atoms with Crippen LogP contribution in [-0.4, -0.2) is 10.3 Å². The Kier molecular flexibility index (Phi) is 3.47. The monoisotopic (exact) mass is 268 g/mol. The van der Waals surface area contributed by atoms with Crippen molar-refractivity contribution >= 4 is 28.4 Å². The van der Waals surface area contributed by atoms with E-state index in [2.05, 4.69) is 47.2 Å². The van der Waals surface area contributed by atoms with Gasteiger partial charge in [-0.05, 0) is 35.7 Å². The largest absolute Gasteiger partial charge is 0.399 e. The Hall–Kier alpha value is -1.87. The van der Waals surface area contributed by atoms with Crippen LogP contribution in [0.3, 0.4) is 0 Å². The Balaban J connectivity index is 1.70. The number of aryl methyl sites for hydroxylation is 1. The fraction of sp³-hybridized carbons (Fsp3) is 0.125. The number of hydrogen-bond donors (Lipinski definition) is 1. The first kappa shape index (κ1) is 12.2. The molecule has 96 valence electrons. The van der Waals surface area contributed by atoms with Crippen molar-refractivity contribution in [1.82, 2.24) is 4.57 Å². The minimum Gasteiger partial charge on any atom is -0.399 e. The normalized spacial score (nSPS) is 10.9. The van der Waals surface area contributed by atoms with E-state index in [1.807, 2.05) is 30.0 Å². The number of hydrogen-bond acceptors (Lipinski definition) is 2. The van der Waals surface area contributed by atoms with Gasteiger partial charge in [0.15, 0.2) is 0 Å². The van der Waals surface area contributed by atoms with Gasteiger partial charge in [0.05, 0.1) is 5.52 Å². The summed E-state index contributed by atoms with van der Waals surface area (Å²) >= 11 is 1.88. The summed E-state index contributed by atoms with van der Waals surface area (Å²) in [6, 6.07) is 18.7. The highest BCUT2D eigenvalue weighted by molar-refractivity contribution is 7.99. The smallest absolute Gasteiger partial charge is 0.0501 e. The fourth-order valence-electron chi connectivity index (χ4n) is 2.17. The molecular formula is C16H16N2S. The van der Waals surface area contributed by atoms with E-state index in [0.717, 1.165) is 18.0 Å². The SMILES string of the molecule is Nc1ccc2ccn(CCSc3ccccc3)c2c1. The summed E-state index contributed by atoms with van der Waals surface area (Å²) in [7, 11) is 0. The molecule has 0 atom stereocenters. The third-order valence-electron chi connectivity index (χ3n) is 3.14. The van der Waals surface area contributed by atoms with Crippen LogP contribution in [0.2, 0.25) is 0 Å². The molecule has 0 unspecified atom stereocenters. The Labute approximate surface area is 117 Å². The maximum Gasteiger partial charge on any atom is 0.0501 e. The van der Waals surface area contributed by atoms with Gasteiger partial charge in [-0.3, -0.25) is 0 Å². The third-order valence-corrected chi connectivity index (χ3v) is 4.13. The van der Waals surface area contributed by atoms with E-state index >= 15 is 0 Å². The topological polar surface area (TPSA) is 30.9 Å². The molecule has 1 aromatic heterocycles. The molecule has 19 heavy (non-hydrogen) atoms. The molecule has 3 rings (SSSR count). The van der Waals surface area contributed by atoms with Crippen molar-refractivity contribution in [1.29, 1.82) is 0 Å². The Morgan fingerprint density at radius 1 is 1.00 bits per heavy atom. The summed E-state index contributed by atoms with van der Waals surface area (Å²) in [6.07, 6.45) is 2.13. The van der Waals surface area contributed by atoms with Crippen LogP contribution in [0.25, 0.3) is 10.9 Å². The molecule has 0 saturated carbocycles. The van der Waals surface area contributed by atoms with E-state index < -0.39 is 0 Å². The van der Waals surface area contributed by atoms with Gasteiger partial charge in [-0.2, -0.15) is 0 Å². The van der Waals surface area contributed by atoms with Crippen LogP contribution in [0.5, 0.6) is 0 Å². The molecule has 0 spiro atoms. The van der Waals surface area contributed by atoms with E-state index in [9.17, 15) is 0 Å². The number of nitrogens with zero attached hydrogens (tertiary/aromatic N) is 1. The van der Waals surface area contributed by atoms with E-state index in [1.165, 1.54) is 15.8 Å². The van der Waals surface area contributed by atoms with Gasteiger partial charge in [0.1, 0.15) is 0 Å². The Bertz CT molecular complexity index is 674. The van der Waals surface area contributed by atoms with Crippen molar-refractivity contribution in [2.45, 2.75) is 11.4 Å². The molecule has 0 aliphatic heterocycles. The zero-order valence-corrected chi connectivity index (χ0v) is 11.4. The molecule has 0 fully saturated rings. The number of aromatic nitrogens is 1. The molecule has 0 bridgehead atoms. The van der Waals surface area contributed by atoms with Gasteiger partial charge < -0.3 is 10.3 Å². The molecule has 3 heteroatoms. The first-order valence-corrected chi connectivity index (χ1v) is 7.34. The zero-order chi connectivity index (χ0) is 13.1. The van der Waals surface area contributed by atoms with Gasteiger partial charge in [-0.25, -0.2) is 0 Å². The highest BCUT2D eigenvalue weighted by Crippen LogP contribution is 2.21. The van der Waals surface area contributed by atoms with Gasteiger partial charge in [0.2, 0.25) is 0 Å². The predicted octanol–water partition coefficient (Wildman–Crippen LogP) is 4.02. The summed E-state index contributed by atoms with van der Waals surface area (Å²) in [5.74, 6) is 1.06. The van der Waals surface area contributed by atoms with Crippen LogP contribution in [0, 0.1) is 0 Å². The maximum atomic E-state index is 5.85. The van der Waals surface area contributed by atoms with Crippen LogP contribution in [0.1, 0.15) is 0 Å². The lowest BCUT2D eigenvalue weighted by molar-refractivity contribution is 0.807. The van der Waals surface area contributed by atoms with E-state index in [1.54, 1.807) is 0 Å². The van der Waals surface area contributed by atoms with E-state index in [4.69, 9.17) is 5.73 Å². The minimum atomic E-state index is 0.822. The van der Waals surface area contributed by atoms with Crippen LogP contribution in [0.4, 0.5) is 5.69 Å². The summed E-state index contributed by atoms with van der Waals surface area (Å²) in [6.45, 7) is 0.993. The molecule has 0 aliphatic rings. The maximum absolute atomic E-state index is 5.85. The summed E-state index contributed by atoms with van der Waals surface area (Å²) in [5.41, 5.74) is 7.89. The second kappa shape index (κ2) is 5.41. The number of benzene rings is 2. The Morgan fingerprint density at radius 3 is 2.68 bits per heavy atom. The number of thioether (sulfide) groups is 1. The quantitative estimate of drug-likeness (QED) is 0.572. The molecule has 0 aliphatic carbocycles. The van der Waals surface area contributed by atoms with Crippen LogP contribution in [0.15, 0.2) is 65.7 Å². The first-order chi connectivity index (χ1) is 9.33. The van der Waals surface area contributed by atoms with Gasteiger partial charge in [-0.15, -0.1) is 11.8 Å². The number of anilines is 1. The van der Waals surface area contributed by atoms with E-state index in [-0.39, 0.29) is 0 Å². The van der Waals surface area contributed by atoms with Crippen LogP contribution in [-0.2, 0) is 6.54 Å². The fourth-order valence-corrected chi connectivity index (χ4v) is 3.05. The second-order valence-electron chi connectivity index (χ2n) is 4.49. The average molecular weight is 268 g/mol. The molecule has 0 saturated heterocycles. The lowest BCUT2D eigenvalue weighted by Crippen LogP contribution is -1.98. The van der Waals surface area contributed by atoms with Gasteiger partial charge >= 0.3 is 0 Å². The molecule has 2 nitrogen and oxygen atoms in total. The summed E-state index contributed by atoms with van der Waals surface area (Å²) < 4.78 is 2.27. The molecular weight excluding hydrogens is 252 g/mol. The highest BCUT2D eigenvalue weighted by Gasteiger charge is 2.01. The van der Waals surface area contributed by atoms with E-state index in [0.29, 0.717) is 0 Å². The summed E-state index contributed by atoms with van der Waals surface area (Å²) in [5, 5.41) is 1.25. The molecule has 3 aromatic rings. The van der Waals surface area contributed by atoms with Crippen molar-refractivity contribution in [3.63, 3.8) is 0 Å². The lowest BCUT2D eigenvalue weighted by atomic mass is 10.2. The molecule has 0 radical (unpaired) electrons. The molecule has 0 amide bonds. The van der Waals surface area contributed by atoms with Crippen LogP contribution >= 0.6 is 11.8 Å². The van der Waals surface area contributed by atoms with Crippen molar-refractivity contribution in [3.8, 4) is 0 Å². The number of fused-ring (bicyclic) bond motifs is 1. The average Bonchev–Trinajstić information content (AvgIpc) is 2.83. The molecule has 2 aromatic carbocycles.